The van der Waals surface area contributed by atoms with Crippen LogP contribution in [0.2, 0.25) is 19.6 Å². The second kappa shape index (κ2) is 17.2. The lowest BCUT2D eigenvalue weighted by molar-refractivity contribution is -0.777. The highest BCUT2D eigenvalue weighted by atomic mass is 32.2. The minimum atomic E-state index is -6.09. The van der Waals surface area contributed by atoms with Gasteiger partial charge in [0.15, 0.2) is 34.7 Å². The molecule has 2 heterocycles. The molecule has 0 aromatic carbocycles. The molecule has 0 amide bonds. The Morgan fingerprint density at radius 1 is 0.704 bits per heavy atom. The predicted octanol–water partition coefficient (Wildman–Crippen LogP) is 5.60. The fraction of sp³-hybridized carbons (Fsp3) is 0.743. The molecular formula is C35H56F3NO13SSi. The molecule has 1 fully saturated rings. The Labute approximate surface area is 317 Å². The number of carbonyl (C=O) groups excluding carboxylic acids is 4. The number of hydrogen-bond acceptors (Lipinski definition) is 13. The Morgan fingerprint density at radius 3 is 1.39 bits per heavy atom. The summed E-state index contributed by atoms with van der Waals surface area (Å²) in [5.74, 6) is -1.65. The zero-order valence-electron chi connectivity index (χ0n) is 33.7. The summed E-state index contributed by atoms with van der Waals surface area (Å²) in [6, 6.07) is 3.53. The van der Waals surface area contributed by atoms with Gasteiger partial charge in [0.2, 0.25) is 14.4 Å². The Morgan fingerprint density at radius 2 is 1.06 bits per heavy atom. The summed E-state index contributed by atoms with van der Waals surface area (Å²) in [5.41, 5.74) is -9.30. The van der Waals surface area contributed by atoms with Crippen LogP contribution in [-0.2, 0) is 53.0 Å². The summed E-state index contributed by atoms with van der Waals surface area (Å²) in [4.78, 5) is 53.1. The number of esters is 4. The molecule has 54 heavy (non-hydrogen) atoms. The number of hydrogen-bond donors (Lipinski definition) is 0. The lowest BCUT2D eigenvalue weighted by atomic mass is 9.92. The number of alkyl halides is 3. The summed E-state index contributed by atoms with van der Waals surface area (Å²) in [6.07, 6.45) is -2.65. The molecule has 310 valence electrons. The van der Waals surface area contributed by atoms with Gasteiger partial charge < -0.3 is 32.7 Å². The van der Waals surface area contributed by atoms with Crippen LogP contribution >= 0.6 is 0 Å². The van der Waals surface area contributed by atoms with Crippen molar-refractivity contribution in [2.45, 2.75) is 139 Å². The second-order valence-electron chi connectivity index (χ2n) is 17.9. The summed E-state index contributed by atoms with van der Waals surface area (Å²) >= 11 is 0. The number of pyridine rings is 1. The average Bonchev–Trinajstić information content (AvgIpc) is 2.94. The average molecular weight is 816 g/mol. The highest BCUT2D eigenvalue weighted by Crippen LogP contribution is 2.36. The minimum Gasteiger partial charge on any atom is -0.741 e. The lowest BCUT2D eigenvalue weighted by Crippen LogP contribution is -2.66. The maximum Gasteiger partial charge on any atom is 0.485 e. The van der Waals surface area contributed by atoms with E-state index in [1.165, 1.54) is 0 Å². The molecule has 1 aliphatic rings. The van der Waals surface area contributed by atoms with E-state index in [1.807, 2.05) is 0 Å². The van der Waals surface area contributed by atoms with Crippen LogP contribution in [-0.4, -0.2) is 81.7 Å². The van der Waals surface area contributed by atoms with Crippen LogP contribution in [0.15, 0.2) is 24.5 Å². The van der Waals surface area contributed by atoms with E-state index in [2.05, 4.69) is 19.6 Å². The number of halogens is 3. The molecule has 1 aromatic rings. The van der Waals surface area contributed by atoms with E-state index >= 15 is 0 Å². The molecule has 2 rings (SSSR count). The molecule has 0 N–H and O–H groups in total. The third-order valence-electron chi connectivity index (χ3n) is 6.99. The van der Waals surface area contributed by atoms with Crippen molar-refractivity contribution in [3.05, 3.63) is 24.5 Å². The van der Waals surface area contributed by atoms with Crippen LogP contribution in [0, 0.1) is 21.7 Å². The van der Waals surface area contributed by atoms with Crippen LogP contribution in [0.5, 0.6) is 5.75 Å². The van der Waals surface area contributed by atoms with Crippen LogP contribution in [0.3, 0.4) is 0 Å². The largest absolute Gasteiger partial charge is 0.741 e. The van der Waals surface area contributed by atoms with Crippen LogP contribution in [0.4, 0.5) is 13.2 Å². The molecule has 19 heteroatoms. The zero-order chi connectivity index (χ0) is 42.6. The number of nitrogens with zero attached hydrogens (tertiary/aromatic N) is 1. The van der Waals surface area contributed by atoms with Gasteiger partial charge in [-0.3, -0.25) is 19.2 Å². The third-order valence-corrected chi connectivity index (χ3v) is 8.41. The third kappa shape index (κ3) is 15.1. The summed E-state index contributed by atoms with van der Waals surface area (Å²) in [5, 5.41) is 0. The van der Waals surface area contributed by atoms with Crippen LogP contribution in [0.1, 0.15) is 89.3 Å². The lowest BCUT2D eigenvalue weighted by Gasteiger charge is -2.43. The minimum absolute atomic E-state index is 0.324. The molecule has 1 saturated heterocycles. The molecule has 0 saturated carbocycles. The van der Waals surface area contributed by atoms with Crippen molar-refractivity contribution in [1.82, 2.24) is 0 Å². The van der Waals surface area contributed by atoms with E-state index < -0.39 is 100 Å². The van der Waals surface area contributed by atoms with Crippen LogP contribution < -0.4 is 8.99 Å². The zero-order valence-corrected chi connectivity index (χ0v) is 35.5. The highest BCUT2D eigenvalue weighted by Gasteiger charge is 2.58. The van der Waals surface area contributed by atoms with Crippen molar-refractivity contribution in [2.75, 3.05) is 6.61 Å². The van der Waals surface area contributed by atoms with E-state index in [0.717, 1.165) is 0 Å². The fourth-order valence-electron chi connectivity index (χ4n) is 3.96. The first-order valence-corrected chi connectivity index (χ1v) is 21.9. The maximum absolute atomic E-state index is 13.5. The molecule has 0 aliphatic carbocycles. The van der Waals surface area contributed by atoms with Crippen molar-refractivity contribution in [2.24, 2.45) is 21.7 Å². The van der Waals surface area contributed by atoms with Crippen molar-refractivity contribution < 1.29 is 78.0 Å². The van der Waals surface area contributed by atoms with E-state index in [1.54, 1.807) is 112 Å². The van der Waals surface area contributed by atoms with Gasteiger partial charge in [-0.2, -0.15) is 17.7 Å². The molecule has 0 radical (unpaired) electrons. The standard InChI is InChI=1S/C34H56NO10Si.CHF3O3S/c1-31(2,3)27(36)40-20-22-23(42-28(37)32(4,5)6)24(43-29(38)33(7,8)9)25(44-30(39)34(10,11)12)26(41-22)35-18-16-21(17-19-35)45-46(13,14)15;2-1(3,4)8(5,6)7/h16-19,22-26H,20H2,1-15H3;(H,5,6,7)/q+1;/p-1/t22-,23+,24+,25-,26-;/m1./s1. The Bertz CT molecular complexity index is 1580. The Hall–Kier alpha value is -3.29. The predicted molar refractivity (Wildman–Crippen MR) is 189 cm³/mol. The number of carbonyl (C=O) groups is 4. The SMILES string of the molecule is CC(C)(C)C(=O)OC[C@H]1O[C@@H]([n+]2ccc(O[Si](C)(C)C)cc2)[C@H](OC(=O)C(C)(C)C)[C@@H](OC(=O)C(C)(C)C)[C@H]1OC(=O)C(C)(C)C.O=S(=O)([O-])C(F)(F)F. The Kier molecular flexibility index (Phi) is 15.6. The normalized spacial score (nSPS) is 21.5. The molecule has 1 aromatic heterocycles. The van der Waals surface area contributed by atoms with Crippen molar-refractivity contribution in [1.29, 1.82) is 0 Å². The van der Waals surface area contributed by atoms with E-state index in [9.17, 15) is 32.3 Å². The molecule has 1 aliphatic heterocycles. The molecule has 0 spiro atoms. The molecule has 14 nitrogen and oxygen atoms in total. The summed E-state index contributed by atoms with van der Waals surface area (Å²) in [6.45, 7) is 26.2. The number of ether oxygens (including phenoxy) is 5. The highest BCUT2D eigenvalue weighted by molar-refractivity contribution is 7.86. The summed E-state index contributed by atoms with van der Waals surface area (Å²) < 4.78 is 97.1. The van der Waals surface area contributed by atoms with Gasteiger partial charge in [0.1, 0.15) is 18.5 Å². The van der Waals surface area contributed by atoms with E-state index in [4.69, 9.17) is 41.1 Å². The van der Waals surface area contributed by atoms with Gasteiger partial charge in [0.05, 0.1) is 21.7 Å². The molecular weight excluding hydrogens is 760 g/mol. The fourth-order valence-corrected chi connectivity index (χ4v) is 4.81. The van der Waals surface area contributed by atoms with Gasteiger partial charge >= 0.3 is 35.6 Å². The molecule has 0 bridgehead atoms. The van der Waals surface area contributed by atoms with E-state index in [0.29, 0.717) is 5.75 Å². The second-order valence-corrected chi connectivity index (χ2v) is 23.7. The summed E-state index contributed by atoms with van der Waals surface area (Å²) in [7, 11) is -8.00. The van der Waals surface area contributed by atoms with Gasteiger partial charge in [-0.25, -0.2) is 8.42 Å². The molecule has 0 unspecified atom stereocenters. The van der Waals surface area contributed by atoms with Gasteiger partial charge in [0.25, 0.3) is 0 Å². The van der Waals surface area contributed by atoms with Gasteiger partial charge in [0, 0.05) is 12.1 Å². The van der Waals surface area contributed by atoms with E-state index in [-0.39, 0.29) is 6.61 Å². The number of aromatic nitrogens is 1. The van der Waals surface area contributed by atoms with Gasteiger partial charge in [-0.1, -0.05) is 0 Å². The Balaban J connectivity index is 0.00000163. The molecule has 5 atom stereocenters. The van der Waals surface area contributed by atoms with Gasteiger partial charge in [-0.05, 0) is 103 Å². The number of rotatable bonds is 8. The topological polar surface area (TPSA) is 185 Å². The quantitative estimate of drug-likeness (QED) is 0.0790. The van der Waals surface area contributed by atoms with Crippen LogP contribution in [0.25, 0.3) is 0 Å². The van der Waals surface area contributed by atoms with Crippen molar-refractivity contribution in [3.8, 4) is 5.75 Å². The monoisotopic (exact) mass is 815 g/mol. The smallest absolute Gasteiger partial charge is 0.485 e. The first-order valence-electron chi connectivity index (χ1n) is 17.0. The maximum atomic E-state index is 13.5. The first-order chi connectivity index (χ1) is 23.9. The first kappa shape index (κ1) is 48.7. The van der Waals surface area contributed by atoms with Crippen molar-refractivity contribution in [3.63, 3.8) is 0 Å². The van der Waals surface area contributed by atoms with Crippen molar-refractivity contribution >= 4 is 42.3 Å². The van der Waals surface area contributed by atoms with Gasteiger partial charge in [-0.15, -0.1) is 0 Å².